The highest BCUT2D eigenvalue weighted by Crippen LogP contribution is 2.55. The van der Waals surface area contributed by atoms with Crippen molar-refractivity contribution in [2.45, 2.75) is 38.5 Å². The van der Waals surface area contributed by atoms with Crippen LogP contribution in [0, 0.1) is 6.92 Å². The van der Waals surface area contributed by atoms with Crippen molar-refractivity contribution in [3.8, 4) is 5.75 Å². The van der Waals surface area contributed by atoms with Crippen molar-refractivity contribution >= 4 is 28.4 Å². The molecule has 1 unspecified atom stereocenters. The van der Waals surface area contributed by atoms with Crippen LogP contribution in [-0.4, -0.2) is 11.9 Å². The number of aliphatic imine (C=N–C) groups is 1. The van der Waals surface area contributed by atoms with Crippen LogP contribution in [0.1, 0.15) is 30.5 Å². The number of anilines is 1. The Labute approximate surface area is 189 Å². The van der Waals surface area contributed by atoms with Gasteiger partial charge in [-0.05, 0) is 49.4 Å². The Hall–Kier alpha value is -3.59. The second kappa shape index (κ2) is 6.70. The molecule has 0 bridgehead atoms. The van der Waals surface area contributed by atoms with Crippen molar-refractivity contribution in [2.24, 2.45) is 4.99 Å². The number of nitrogens with zero attached hydrogens (tertiary/aromatic N) is 2. The molecule has 6 rings (SSSR count). The zero-order valence-corrected chi connectivity index (χ0v) is 18.7. The SMILES string of the molecule is Cc1cccc(CN2c3ccccc3C(C)(C)C23C=Nc2c(ccc4ccccc24)O3)c1. The summed E-state index contributed by atoms with van der Waals surface area (Å²) in [6, 6.07) is 29.9. The van der Waals surface area contributed by atoms with Gasteiger partial charge < -0.3 is 9.64 Å². The minimum atomic E-state index is -0.712. The summed E-state index contributed by atoms with van der Waals surface area (Å²) >= 11 is 0. The molecule has 3 heteroatoms. The van der Waals surface area contributed by atoms with Crippen LogP contribution in [0.3, 0.4) is 0 Å². The van der Waals surface area contributed by atoms with Gasteiger partial charge in [0.1, 0.15) is 11.4 Å². The number of rotatable bonds is 2. The summed E-state index contributed by atoms with van der Waals surface area (Å²) in [5.74, 6) is 0.835. The minimum Gasteiger partial charge on any atom is -0.459 e. The number of fused-ring (bicyclic) bond motifs is 4. The van der Waals surface area contributed by atoms with Gasteiger partial charge in [0.15, 0.2) is 0 Å². The molecular weight excluding hydrogens is 392 g/mol. The van der Waals surface area contributed by atoms with Crippen molar-refractivity contribution in [3.05, 3.63) is 102 Å². The number of benzene rings is 4. The molecule has 0 aliphatic carbocycles. The van der Waals surface area contributed by atoms with Crippen LogP contribution in [0.15, 0.2) is 89.9 Å². The van der Waals surface area contributed by atoms with Gasteiger partial charge in [0.2, 0.25) is 5.72 Å². The summed E-state index contributed by atoms with van der Waals surface area (Å²) in [6.07, 6.45) is 2.04. The van der Waals surface area contributed by atoms with Crippen LogP contribution < -0.4 is 9.64 Å². The molecule has 0 saturated heterocycles. The molecule has 3 nitrogen and oxygen atoms in total. The summed E-state index contributed by atoms with van der Waals surface area (Å²) < 4.78 is 6.98. The van der Waals surface area contributed by atoms with Crippen LogP contribution in [0.25, 0.3) is 10.8 Å². The quantitative estimate of drug-likeness (QED) is 0.352. The smallest absolute Gasteiger partial charge is 0.229 e. The van der Waals surface area contributed by atoms with Crippen molar-refractivity contribution in [1.29, 1.82) is 0 Å². The third-order valence-electron chi connectivity index (χ3n) is 7.09. The first-order chi connectivity index (χ1) is 15.5. The van der Waals surface area contributed by atoms with Crippen molar-refractivity contribution in [2.75, 3.05) is 4.90 Å². The summed E-state index contributed by atoms with van der Waals surface area (Å²) in [7, 11) is 0. The van der Waals surface area contributed by atoms with Gasteiger partial charge in [0, 0.05) is 17.6 Å². The highest BCUT2D eigenvalue weighted by atomic mass is 16.5. The molecule has 1 spiro atoms. The lowest BCUT2D eigenvalue weighted by atomic mass is 9.77. The van der Waals surface area contributed by atoms with E-state index >= 15 is 0 Å². The maximum absolute atomic E-state index is 6.98. The molecular formula is C29H26N2O. The molecule has 0 N–H and O–H groups in total. The highest BCUT2D eigenvalue weighted by Gasteiger charge is 2.59. The van der Waals surface area contributed by atoms with E-state index in [9.17, 15) is 0 Å². The molecule has 32 heavy (non-hydrogen) atoms. The van der Waals surface area contributed by atoms with Gasteiger partial charge in [-0.3, -0.25) is 4.99 Å². The van der Waals surface area contributed by atoms with E-state index in [2.05, 4.69) is 111 Å². The third-order valence-corrected chi connectivity index (χ3v) is 7.09. The molecule has 0 saturated carbocycles. The molecule has 4 aromatic rings. The Morgan fingerprint density at radius 2 is 1.69 bits per heavy atom. The minimum absolute atomic E-state index is 0.291. The van der Waals surface area contributed by atoms with Gasteiger partial charge in [-0.1, -0.05) is 78.4 Å². The topological polar surface area (TPSA) is 24.8 Å². The van der Waals surface area contributed by atoms with Crippen LogP contribution in [-0.2, 0) is 12.0 Å². The predicted octanol–water partition coefficient (Wildman–Crippen LogP) is 6.94. The third kappa shape index (κ3) is 2.57. The molecule has 2 aliphatic heterocycles. The van der Waals surface area contributed by atoms with Gasteiger partial charge in [0.25, 0.3) is 0 Å². The molecule has 1 atom stereocenters. The van der Waals surface area contributed by atoms with E-state index in [4.69, 9.17) is 9.73 Å². The average molecular weight is 419 g/mol. The van der Waals surface area contributed by atoms with E-state index in [1.807, 2.05) is 6.21 Å². The monoisotopic (exact) mass is 418 g/mol. The van der Waals surface area contributed by atoms with E-state index < -0.39 is 5.72 Å². The van der Waals surface area contributed by atoms with Gasteiger partial charge in [-0.15, -0.1) is 0 Å². The Kier molecular flexibility index (Phi) is 4.00. The number of para-hydroxylation sites is 1. The zero-order valence-electron chi connectivity index (χ0n) is 18.7. The maximum Gasteiger partial charge on any atom is 0.229 e. The van der Waals surface area contributed by atoms with E-state index in [0.717, 1.165) is 23.4 Å². The Morgan fingerprint density at radius 1 is 0.875 bits per heavy atom. The first-order valence-corrected chi connectivity index (χ1v) is 11.2. The van der Waals surface area contributed by atoms with Crippen LogP contribution in [0.2, 0.25) is 0 Å². The van der Waals surface area contributed by atoms with E-state index in [-0.39, 0.29) is 5.41 Å². The number of ether oxygens (including phenoxy) is 1. The molecule has 0 radical (unpaired) electrons. The number of hydrogen-bond acceptors (Lipinski definition) is 3. The zero-order chi connectivity index (χ0) is 21.9. The Balaban J connectivity index is 1.53. The second-order valence-corrected chi connectivity index (χ2v) is 9.41. The molecule has 0 aromatic heterocycles. The fourth-order valence-electron chi connectivity index (χ4n) is 5.35. The predicted molar refractivity (Wildman–Crippen MR) is 132 cm³/mol. The van der Waals surface area contributed by atoms with Crippen LogP contribution in [0.4, 0.5) is 11.4 Å². The largest absolute Gasteiger partial charge is 0.459 e. The normalized spacial score (nSPS) is 20.3. The van der Waals surface area contributed by atoms with Crippen LogP contribution in [0.5, 0.6) is 5.75 Å². The molecule has 0 fully saturated rings. The highest BCUT2D eigenvalue weighted by molar-refractivity contribution is 5.99. The lowest BCUT2D eigenvalue weighted by Crippen LogP contribution is -2.61. The summed E-state index contributed by atoms with van der Waals surface area (Å²) in [5, 5.41) is 2.29. The fraction of sp³-hybridized carbons (Fsp3) is 0.207. The summed E-state index contributed by atoms with van der Waals surface area (Å²) in [6.45, 7) is 7.42. The van der Waals surface area contributed by atoms with Crippen LogP contribution >= 0.6 is 0 Å². The fourth-order valence-corrected chi connectivity index (χ4v) is 5.35. The van der Waals surface area contributed by atoms with Gasteiger partial charge in [-0.2, -0.15) is 0 Å². The van der Waals surface area contributed by atoms with E-state index in [1.165, 1.54) is 27.8 Å². The van der Waals surface area contributed by atoms with Gasteiger partial charge >= 0.3 is 0 Å². The summed E-state index contributed by atoms with van der Waals surface area (Å²) in [4.78, 5) is 7.44. The Bertz CT molecular complexity index is 1390. The molecule has 4 aromatic carbocycles. The molecule has 2 aliphatic rings. The van der Waals surface area contributed by atoms with Crippen molar-refractivity contribution in [3.63, 3.8) is 0 Å². The van der Waals surface area contributed by atoms with Gasteiger partial charge in [-0.25, -0.2) is 0 Å². The molecule has 158 valence electrons. The number of aryl methyl sites for hydroxylation is 1. The van der Waals surface area contributed by atoms with Crippen molar-refractivity contribution < 1.29 is 4.74 Å². The Morgan fingerprint density at radius 3 is 2.56 bits per heavy atom. The first kappa shape index (κ1) is 19.1. The second-order valence-electron chi connectivity index (χ2n) is 9.41. The lowest BCUT2D eigenvalue weighted by Gasteiger charge is -2.46. The van der Waals surface area contributed by atoms with Crippen molar-refractivity contribution in [1.82, 2.24) is 0 Å². The summed E-state index contributed by atoms with van der Waals surface area (Å²) in [5.41, 5.74) is 4.92. The average Bonchev–Trinajstić information content (AvgIpc) is 2.98. The molecule has 0 amide bonds. The maximum atomic E-state index is 6.98. The standard InChI is InChI=1S/C29H26N2O/c1-20-9-8-10-21(17-20)18-31-25-14-7-6-13-24(25)28(2,3)29(31)19-30-27-23-12-5-4-11-22(23)15-16-26(27)32-29/h4-17,19H,18H2,1-3H3. The van der Waals surface area contributed by atoms with E-state index in [1.54, 1.807) is 0 Å². The lowest BCUT2D eigenvalue weighted by molar-refractivity contribution is 0.0764. The van der Waals surface area contributed by atoms with E-state index in [0.29, 0.717) is 0 Å². The van der Waals surface area contributed by atoms with Gasteiger partial charge in [0.05, 0.1) is 11.6 Å². The first-order valence-electron chi connectivity index (χ1n) is 11.2. The number of hydrogen-bond donors (Lipinski definition) is 0. The molecule has 2 heterocycles.